The number of ether oxygens (including phenoxy) is 2. The molecule has 7 nitrogen and oxygen atoms in total. The Hall–Kier alpha value is -2.46. The lowest BCUT2D eigenvalue weighted by molar-refractivity contribution is -0.137. The Labute approximate surface area is 198 Å². The highest BCUT2D eigenvalue weighted by molar-refractivity contribution is 6.33. The van der Waals surface area contributed by atoms with Gasteiger partial charge in [-0.3, -0.25) is 9.48 Å². The van der Waals surface area contributed by atoms with Crippen molar-refractivity contribution in [2.75, 3.05) is 6.61 Å². The maximum Gasteiger partial charge on any atom is 0.515 e. The van der Waals surface area contributed by atoms with Crippen molar-refractivity contribution < 1.29 is 32.2 Å². The molecule has 1 aliphatic carbocycles. The Balaban J connectivity index is 1.53. The standard InChI is InChI=1S/C21H22Cl2F3N3O4/c1-2-32-20(31)33-19-17(23)11-29(28-19)10-12-3-6-14(7-4-12)27-18(30)15-9-13(21(24,25)26)5-8-16(15)22/h5,8-9,11-12,14H,2-4,6-7,10H2,1H3,(H,27,30). The predicted octanol–water partition coefficient (Wildman–Crippen LogP) is 5.73. The molecule has 1 N–H and O–H groups in total. The van der Waals surface area contributed by atoms with E-state index in [9.17, 15) is 22.8 Å². The van der Waals surface area contributed by atoms with Crippen molar-refractivity contribution in [1.82, 2.24) is 15.1 Å². The molecule has 2 aromatic rings. The molecule has 0 radical (unpaired) electrons. The summed E-state index contributed by atoms with van der Waals surface area (Å²) in [7, 11) is 0. The Kier molecular flexibility index (Phi) is 8.12. The number of carbonyl (C=O) groups excluding carboxylic acids is 2. The van der Waals surface area contributed by atoms with Gasteiger partial charge < -0.3 is 14.8 Å². The molecular weight excluding hydrogens is 486 g/mol. The smallest absolute Gasteiger partial charge is 0.434 e. The van der Waals surface area contributed by atoms with Crippen molar-refractivity contribution in [1.29, 1.82) is 0 Å². The fourth-order valence-corrected chi connectivity index (χ4v) is 4.05. The molecule has 1 aliphatic rings. The summed E-state index contributed by atoms with van der Waals surface area (Å²) < 4.78 is 50.1. The van der Waals surface area contributed by atoms with Gasteiger partial charge in [-0.05, 0) is 56.7 Å². The van der Waals surface area contributed by atoms with Crippen LogP contribution in [0.4, 0.5) is 18.0 Å². The molecule has 3 rings (SSSR count). The van der Waals surface area contributed by atoms with Gasteiger partial charge in [-0.2, -0.15) is 13.2 Å². The molecule has 1 aromatic carbocycles. The highest BCUT2D eigenvalue weighted by atomic mass is 35.5. The predicted molar refractivity (Wildman–Crippen MR) is 115 cm³/mol. The first-order valence-corrected chi connectivity index (χ1v) is 11.1. The van der Waals surface area contributed by atoms with E-state index in [0.717, 1.165) is 31.0 Å². The molecule has 1 heterocycles. The quantitative estimate of drug-likeness (QED) is 0.504. The van der Waals surface area contributed by atoms with E-state index in [4.69, 9.17) is 32.7 Å². The van der Waals surface area contributed by atoms with Crippen LogP contribution >= 0.6 is 23.2 Å². The van der Waals surface area contributed by atoms with Crippen LogP contribution in [0.3, 0.4) is 0 Å². The molecule has 33 heavy (non-hydrogen) atoms. The topological polar surface area (TPSA) is 82.4 Å². The number of aromatic nitrogens is 2. The van der Waals surface area contributed by atoms with Gasteiger partial charge in [-0.25, -0.2) is 4.79 Å². The zero-order chi connectivity index (χ0) is 24.2. The van der Waals surface area contributed by atoms with Gasteiger partial charge in [0.15, 0.2) is 0 Å². The number of benzene rings is 1. The molecule has 180 valence electrons. The number of nitrogens with zero attached hydrogens (tertiary/aromatic N) is 2. The molecule has 12 heteroatoms. The minimum Gasteiger partial charge on any atom is -0.434 e. The summed E-state index contributed by atoms with van der Waals surface area (Å²) in [4.78, 5) is 23.9. The van der Waals surface area contributed by atoms with Crippen molar-refractivity contribution in [2.45, 2.75) is 51.4 Å². The molecule has 1 fully saturated rings. The van der Waals surface area contributed by atoms with Crippen LogP contribution in [-0.2, 0) is 17.5 Å². The summed E-state index contributed by atoms with van der Waals surface area (Å²) in [5.74, 6) is -0.426. The third-order valence-corrected chi connectivity index (χ3v) is 5.88. The van der Waals surface area contributed by atoms with E-state index in [1.165, 1.54) is 0 Å². The molecule has 0 aliphatic heterocycles. The van der Waals surface area contributed by atoms with Gasteiger partial charge in [-0.1, -0.05) is 23.2 Å². The monoisotopic (exact) mass is 507 g/mol. The largest absolute Gasteiger partial charge is 0.515 e. The van der Waals surface area contributed by atoms with E-state index < -0.39 is 23.8 Å². The van der Waals surface area contributed by atoms with Gasteiger partial charge in [0.25, 0.3) is 11.8 Å². The van der Waals surface area contributed by atoms with E-state index in [1.807, 2.05) is 0 Å². The third kappa shape index (κ3) is 6.77. The lowest BCUT2D eigenvalue weighted by Gasteiger charge is -2.29. The van der Waals surface area contributed by atoms with E-state index in [2.05, 4.69) is 10.4 Å². The zero-order valence-corrected chi connectivity index (χ0v) is 19.1. The Morgan fingerprint density at radius 3 is 2.52 bits per heavy atom. The molecule has 1 aromatic heterocycles. The van der Waals surface area contributed by atoms with Crippen LogP contribution in [0.2, 0.25) is 10.0 Å². The third-order valence-electron chi connectivity index (χ3n) is 5.29. The van der Waals surface area contributed by atoms with Crippen LogP contribution < -0.4 is 10.1 Å². The number of carbonyl (C=O) groups is 2. The molecule has 0 saturated heterocycles. The lowest BCUT2D eigenvalue weighted by Crippen LogP contribution is -2.38. The second-order valence-electron chi connectivity index (χ2n) is 7.67. The first kappa shape index (κ1) is 25.2. The van der Waals surface area contributed by atoms with Crippen molar-refractivity contribution in [3.05, 3.63) is 45.6 Å². The number of hydrogen-bond donors (Lipinski definition) is 1. The van der Waals surface area contributed by atoms with Crippen LogP contribution in [0.25, 0.3) is 0 Å². The summed E-state index contributed by atoms with van der Waals surface area (Å²) in [6.07, 6.45) is -1.09. The molecule has 0 unspecified atom stereocenters. The maximum absolute atomic E-state index is 12.9. The summed E-state index contributed by atoms with van der Waals surface area (Å²) >= 11 is 12.0. The second-order valence-corrected chi connectivity index (χ2v) is 8.49. The fraction of sp³-hybridized carbons (Fsp3) is 0.476. The Bertz CT molecular complexity index is 1010. The van der Waals surface area contributed by atoms with Crippen LogP contribution in [-0.4, -0.2) is 34.5 Å². The first-order valence-electron chi connectivity index (χ1n) is 10.3. The van der Waals surface area contributed by atoms with Gasteiger partial charge in [-0.15, -0.1) is 5.10 Å². The lowest BCUT2D eigenvalue weighted by atomic mass is 9.86. The van der Waals surface area contributed by atoms with E-state index in [-0.39, 0.29) is 40.1 Å². The maximum atomic E-state index is 12.9. The molecular formula is C21H22Cl2F3N3O4. The van der Waals surface area contributed by atoms with Crippen molar-refractivity contribution >= 4 is 35.3 Å². The minimum atomic E-state index is -4.56. The average molecular weight is 508 g/mol. The van der Waals surface area contributed by atoms with E-state index >= 15 is 0 Å². The molecule has 1 saturated carbocycles. The number of alkyl halides is 3. The highest BCUT2D eigenvalue weighted by Crippen LogP contribution is 2.32. The molecule has 1 amide bonds. The van der Waals surface area contributed by atoms with Gasteiger partial charge in [0, 0.05) is 18.8 Å². The summed E-state index contributed by atoms with van der Waals surface area (Å²) in [6.45, 7) is 2.34. The van der Waals surface area contributed by atoms with Gasteiger partial charge in [0.1, 0.15) is 5.02 Å². The number of nitrogens with one attached hydrogen (secondary N) is 1. The van der Waals surface area contributed by atoms with Crippen molar-refractivity contribution in [3.63, 3.8) is 0 Å². The molecule has 0 bridgehead atoms. The number of halogens is 5. The summed E-state index contributed by atoms with van der Waals surface area (Å²) in [5, 5.41) is 7.08. The summed E-state index contributed by atoms with van der Waals surface area (Å²) in [5.41, 5.74) is -1.13. The minimum absolute atomic E-state index is 0.0333. The normalized spacial score (nSPS) is 18.6. The highest BCUT2D eigenvalue weighted by Gasteiger charge is 2.32. The Morgan fingerprint density at radius 2 is 1.88 bits per heavy atom. The SMILES string of the molecule is CCOC(=O)Oc1nn(CC2CCC(NC(=O)c3cc(C(F)(F)F)ccc3Cl)CC2)cc1Cl. The molecule has 0 atom stereocenters. The van der Waals surface area contributed by atoms with Crippen LogP contribution in [0.15, 0.2) is 24.4 Å². The molecule has 0 spiro atoms. The Morgan fingerprint density at radius 1 is 1.18 bits per heavy atom. The number of amides is 1. The van der Waals surface area contributed by atoms with E-state index in [0.29, 0.717) is 19.4 Å². The van der Waals surface area contributed by atoms with Gasteiger partial charge in [0.05, 0.1) is 22.8 Å². The van der Waals surface area contributed by atoms with Gasteiger partial charge >= 0.3 is 12.3 Å². The van der Waals surface area contributed by atoms with Crippen LogP contribution in [0.1, 0.15) is 48.5 Å². The second kappa shape index (κ2) is 10.6. The van der Waals surface area contributed by atoms with Gasteiger partial charge in [0.2, 0.25) is 0 Å². The first-order chi connectivity index (χ1) is 15.6. The number of hydrogen-bond acceptors (Lipinski definition) is 5. The summed E-state index contributed by atoms with van der Waals surface area (Å²) in [6, 6.07) is 2.50. The van der Waals surface area contributed by atoms with Crippen LogP contribution in [0.5, 0.6) is 5.88 Å². The van der Waals surface area contributed by atoms with Crippen LogP contribution in [0, 0.1) is 5.92 Å². The zero-order valence-electron chi connectivity index (χ0n) is 17.6. The number of rotatable bonds is 6. The average Bonchev–Trinajstić information content (AvgIpc) is 3.07. The van der Waals surface area contributed by atoms with E-state index in [1.54, 1.807) is 17.8 Å². The fourth-order valence-electron chi connectivity index (χ4n) is 3.66. The van der Waals surface area contributed by atoms with Crippen molar-refractivity contribution in [2.24, 2.45) is 5.92 Å². The van der Waals surface area contributed by atoms with Crippen molar-refractivity contribution in [3.8, 4) is 5.88 Å².